The van der Waals surface area contributed by atoms with E-state index in [0.29, 0.717) is 5.25 Å². The van der Waals surface area contributed by atoms with Gasteiger partial charge in [-0.05, 0) is 19.4 Å². The molecule has 2 heteroatoms. The molecule has 16 heavy (non-hydrogen) atoms. The topological polar surface area (TPSA) is 12.0 Å². The van der Waals surface area contributed by atoms with Gasteiger partial charge in [-0.15, -0.1) is 0 Å². The van der Waals surface area contributed by atoms with Crippen LogP contribution in [0.4, 0.5) is 0 Å². The van der Waals surface area contributed by atoms with Crippen molar-refractivity contribution in [3.8, 4) is 0 Å². The van der Waals surface area contributed by atoms with E-state index in [2.05, 4.69) is 31.8 Å². The minimum Gasteiger partial charge on any atom is -0.316 e. The standard InChI is InChI=1S/C14H31NS/c1-3-5-6-7-8-9-10-11-12-15-13-14(16)4-2/h14-16H,3-13H2,1-2H3. The molecule has 0 saturated heterocycles. The lowest BCUT2D eigenvalue weighted by molar-refractivity contribution is 0.552. The van der Waals surface area contributed by atoms with E-state index in [1.54, 1.807) is 0 Å². The molecule has 0 heterocycles. The molecule has 0 saturated carbocycles. The Balaban J connectivity index is 2.93. The van der Waals surface area contributed by atoms with Crippen molar-refractivity contribution in [1.29, 1.82) is 0 Å². The van der Waals surface area contributed by atoms with Crippen molar-refractivity contribution in [3.63, 3.8) is 0 Å². The maximum Gasteiger partial charge on any atom is 0.0139 e. The first-order valence-electron chi connectivity index (χ1n) is 7.20. The second-order valence-corrected chi connectivity index (χ2v) is 5.47. The highest BCUT2D eigenvalue weighted by Crippen LogP contribution is 2.07. The Morgan fingerprint density at radius 3 is 2.00 bits per heavy atom. The van der Waals surface area contributed by atoms with Crippen molar-refractivity contribution < 1.29 is 0 Å². The highest BCUT2D eigenvalue weighted by Gasteiger charge is 1.97. The molecule has 1 N–H and O–H groups in total. The summed E-state index contributed by atoms with van der Waals surface area (Å²) >= 11 is 4.46. The van der Waals surface area contributed by atoms with E-state index >= 15 is 0 Å². The van der Waals surface area contributed by atoms with Crippen molar-refractivity contribution in [1.82, 2.24) is 5.32 Å². The quantitative estimate of drug-likeness (QED) is 0.383. The van der Waals surface area contributed by atoms with Gasteiger partial charge in [0, 0.05) is 11.8 Å². The molecular formula is C14H31NS. The minimum absolute atomic E-state index is 0.536. The average molecular weight is 245 g/mol. The summed E-state index contributed by atoms with van der Waals surface area (Å²) in [6, 6.07) is 0. The van der Waals surface area contributed by atoms with Crippen LogP contribution in [0.25, 0.3) is 0 Å². The number of hydrogen-bond acceptors (Lipinski definition) is 2. The molecule has 0 radical (unpaired) electrons. The molecule has 0 amide bonds. The molecule has 1 nitrogen and oxygen atoms in total. The van der Waals surface area contributed by atoms with Crippen LogP contribution in [0.3, 0.4) is 0 Å². The predicted molar refractivity (Wildman–Crippen MR) is 78.5 cm³/mol. The van der Waals surface area contributed by atoms with Gasteiger partial charge < -0.3 is 5.32 Å². The van der Waals surface area contributed by atoms with Crippen LogP contribution in [-0.4, -0.2) is 18.3 Å². The van der Waals surface area contributed by atoms with Crippen LogP contribution in [0.5, 0.6) is 0 Å². The van der Waals surface area contributed by atoms with Gasteiger partial charge in [-0.1, -0.05) is 58.8 Å². The van der Waals surface area contributed by atoms with Crippen molar-refractivity contribution in [2.75, 3.05) is 13.1 Å². The fourth-order valence-electron chi connectivity index (χ4n) is 1.80. The van der Waals surface area contributed by atoms with E-state index in [4.69, 9.17) is 0 Å². The smallest absolute Gasteiger partial charge is 0.0139 e. The Morgan fingerprint density at radius 2 is 1.44 bits per heavy atom. The Bertz CT molecular complexity index is 128. The summed E-state index contributed by atoms with van der Waals surface area (Å²) in [4.78, 5) is 0. The molecule has 0 aliphatic heterocycles. The maximum absolute atomic E-state index is 4.46. The van der Waals surface area contributed by atoms with E-state index in [1.165, 1.54) is 57.9 Å². The number of nitrogens with one attached hydrogen (secondary N) is 1. The van der Waals surface area contributed by atoms with Crippen LogP contribution in [0.1, 0.15) is 71.6 Å². The normalized spacial score (nSPS) is 12.9. The number of unbranched alkanes of at least 4 members (excludes halogenated alkanes) is 7. The largest absolute Gasteiger partial charge is 0.316 e. The summed E-state index contributed by atoms with van der Waals surface area (Å²) in [5.74, 6) is 0. The molecule has 0 spiro atoms. The minimum atomic E-state index is 0.536. The highest BCUT2D eigenvalue weighted by molar-refractivity contribution is 7.81. The highest BCUT2D eigenvalue weighted by atomic mass is 32.1. The van der Waals surface area contributed by atoms with Crippen molar-refractivity contribution in [2.45, 2.75) is 76.9 Å². The van der Waals surface area contributed by atoms with Gasteiger partial charge in [0.1, 0.15) is 0 Å². The fourth-order valence-corrected chi connectivity index (χ4v) is 1.93. The van der Waals surface area contributed by atoms with Gasteiger partial charge in [0.15, 0.2) is 0 Å². The molecule has 0 rings (SSSR count). The molecular weight excluding hydrogens is 214 g/mol. The summed E-state index contributed by atoms with van der Waals surface area (Å²) in [5.41, 5.74) is 0. The van der Waals surface area contributed by atoms with Crippen LogP contribution in [-0.2, 0) is 0 Å². The van der Waals surface area contributed by atoms with Crippen LogP contribution in [0.15, 0.2) is 0 Å². The van der Waals surface area contributed by atoms with Gasteiger partial charge >= 0.3 is 0 Å². The van der Waals surface area contributed by atoms with Gasteiger partial charge in [0.25, 0.3) is 0 Å². The first-order valence-corrected chi connectivity index (χ1v) is 7.71. The average Bonchev–Trinajstić information content (AvgIpc) is 2.31. The number of hydrogen-bond donors (Lipinski definition) is 2. The maximum atomic E-state index is 4.46. The molecule has 0 fully saturated rings. The molecule has 0 aliphatic rings. The van der Waals surface area contributed by atoms with Gasteiger partial charge in [-0.3, -0.25) is 0 Å². The van der Waals surface area contributed by atoms with Crippen molar-refractivity contribution >= 4 is 12.6 Å². The lowest BCUT2D eigenvalue weighted by atomic mass is 10.1. The molecule has 0 aromatic carbocycles. The second kappa shape index (κ2) is 13.4. The van der Waals surface area contributed by atoms with Gasteiger partial charge in [-0.2, -0.15) is 12.6 Å². The van der Waals surface area contributed by atoms with Gasteiger partial charge in [-0.25, -0.2) is 0 Å². The third-order valence-corrected chi connectivity index (χ3v) is 3.61. The second-order valence-electron chi connectivity index (χ2n) is 4.74. The molecule has 98 valence electrons. The molecule has 1 atom stereocenters. The predicted octanol–water partition coefficient (Wildman–Crippen LogP) is 4.43. The lowest BCUT2D eigenvalue weighted by Crippen LogP contribution is -2.23. The third kappa shape index (κ3) is 12.4. The van der Waals surface area contributed by atoms with Crippen molar-refractivity contribution in [2.24, 2.45) is 0 Å². The number of thiol groups is 1. The van der Waals surface area contributed by atoms with Crippen LogP contribution in [0, 0.1) is 0 Å². The Hall–Kier alpha value is 0.310. The summed E-state index contributed by atoms with van der Waals surface area (Å²) in [5, 5.41) is 4.01. The monoisotopic (exact) mass is 245 g/mol. The summed E-state index contributed by atoms with van der Waals surface area (Å²) < 4.78 is 0. The zero-order valence-corrected chi connectivity index (χ0v) is 12.2. The van der Waals surface area contributed by atoms with Crippen LogP contribution >= 0.6 is 12.6 Å². The molecule has 0 aromatic rings. The van der Waals surface area contributed by atoms with Gasteiger partial charge in [0.2, 0.25) is 0 Å². The lowest BCUT2D eigenvalue weighted by Gasteiger charge is -2.09. The Morgan fingerprint density at radius 1 is 0.875 bits per heavy atom. The zero-order valence-electron chi connectivity index (χ0n) is 11.3. The van der Waals surface area contributed by atoms with Crippen LogP contribution in [0.2, 0.25) is 0 Å². The fraction of sp³-hybridized carbons (Fsp3) is 1.00. The van der Waals surface area contributed by atoms with E-state index in [1.807, 2.05) is 0 Å². The molecule has 0 aliphatic carbocycles. The summed E-state index contributed by atoms with van der Waals surface area (Å²) in [7, 11) is 0. The van der Waals surface area contributed by atoms with E-state index in [9.17, 15) is 0 Å². The van der Waals surface area contributed by atoms with Crippen LogP contribution < -0.4 is 5.32 Å². The first-order chi connectivity index (χ1) is 7.81. The molecule has 0 aromatic heterocycles. The van der Waals surface area contributed by atoms with Crippen molar-refractivity contribution in [3.05, 3.63) is 0 Å². The Labute approximate surface area is 108 Å². The summed E-state index contributed by atoms with van der Waals surface area (Å²) in [6.07, 6.45) is 12.4. The van der Waals surface area contributed by atoms with Gasteiger partial charge in [0.05, 0.1) is 0 Å². The molecule has 0 bridgehead atoms. The molecule has 1 unspecified atom stereocenters. The summed E-state index contributed by atoms with van der Waals surface area (Å²) in [6.45, 7) is 6.70. The Kier molecular flexibility index (Phi) is 13.6. The third-order valence-electron chi connectivity index (χ3n) is 3.06. The van der Waals surface area contributed by atoms with E-state index in [0.717, 1.165) is 13.0 Å². The van der Waals surface area contributed by atoms with E-state index in [-0.39, 0.29) is 0 Å². The first kappa shape index (κ1) is 16.3. The number of rotatable bonds is 12. The zero-order chi connectivity index (χ0) is 12.1. The SMILES string of the molecule is CCCCCCCCCCNCC(S)CC. The van der Waals surface area contributed by atoms with E-state index < -0.39 is 0 Å².